The molecular formula is C9H10BrNO4S. The highest BCUT2D eigenvalue weighted by Crippen LogP contribution is 2.33. The van der Waals surface area contributed by atoms with Gasteiger partial charge in [-0.15, -0.1) is 11.3 Å². The Labute approximate surface area is 105 Å². The van der Waals surface area contributed by atoms with Gasteiger partial charge in [-0.05, 0) is 0 Å². The molecule has 1 rings (SSSR count). The van der Waals surface area contributed by atoms with Crippen molar-refractivity contribution >= 4 is 44.2 Å². The third-order valence-corrected chi connectivity index (χ3v) is 3.53. The van der Waals surface area contributed by atoms with E-state index in [0.717, 1.165) is 11.3 Å². The molecule has 7 heteroatoms. The van der Waals surface area contributed by atoms with Gasteiger partial charge < -0.3 is 15.2 Å². The van der Waals surface area contributed by atoms with Gasteiger partial charge in [-0.1, -0.05) is 15.9 Å². The van der Waals surface area contributed by atoms with Crippen molar-refractivity contribution in [3.05, 3.63) is 16.0 Å². The molecule has 0 spiro atoms. The topological polar surface area (TPSA) is 78.6 Å². The van der Waals surface area contributed by atoms with Gasteiger partial charge in [0.1, 0.15) is 9.88 Å². The molecule has 0 saturated heterocycles. The average Bonchev–Trinajstić information content (AvgIpc) is 2.63. The van der Waals surface area contributed by atoms with Crippen molar-refractivity contribution in [2.24, 2.45) is 0 Å². The number of carbonyl (C=O) groups is 2. The minimum absolute atomic E-state index is 0.227. The third kappa shape index (κ3) is 2.19. The third-order valence-electron chi connectivity index (χ3n) is 1.93. The van der Waals surface area contributed by atoms with Crippen molar-refractivity contribution in [3.8, 4) is 0 Å². The lowest BCUT2D eigenvalue weighted by Gasteiger charge is -2.02. The Hall–Kier alpha value is -1.08. The predicted molar refractivity (Wildman–Crippen MR) is 64.0 cm³/mol. The van der Waals surface area contributed by atoms with Crippen molar-refractivity contribution < 1.29 is 19.1 Å². The molecule has 16 heavy (non-hydrogen) atoms. The highest BCUT2D eigenvalue weighted by molar-refractivity contribution is 9.08. The first-order valence-electron chi connectivity index (χ1n) is 4.20. The van der Waals surface area contributed by atoms with E-state index in [-0.39, 0.29) is 10.6 Å². The molecule has 0 radical (unpaired) electrons. The first-order chi connectivity index (χ1) is 7.56. The molecular weight excluding hydrogens is 298 g/mol. The fourth-order valence-corrected chi connectivity index (χ4v) is 2.93. The van der Waals surface area contributed by atoms with Gasteiger partial charge in [0.15, 0.2) is 0 Å². The van der Waals surface area contributed by atoms with Gasteiger partial charge in [0.25, 0.3) is 0 Å². The number of hydrogen-bond acceptors (Lipinski definition) is 6. The Bertz CT molecular complexity index is 429. The molecule has 1 aromatic rings. The zero-order chi connectivity index (χ0) is 12.3. The maximum absolute atomic E-state index is 11.5. The lowest BCUT2D eigenvalue weighted by molar-refractivity contribution is 0.0601. The minimum Gasteiger partial charge on any atom is -0.465 e. The molecule has 88 valence electrons. The van der Waals surface area contributed by atoms with Crippen molar-refractivity contribution in [2.75, 3.05) is 20.0 Å². The second kappa shape index (κ2) is 5.31. The summed E-state index contributed by atoms with van der Waals surface area (Å²) in [4.78, 5) is 23.2. The maximum atomic E-state index is 11.5. The zero-order valence-corrected chi connectivity index (χ0v) is 11.1. The molecule has 0 aliphatic rings. The number of anilines is 1. The summed E-state index contributed by atoms with van der Waals surface area (Å²) in [5, 5.41) is 0.581. The summed E-state index contributed by atoms with van der Waals surface area (Å²) < 4.78 is 9.20. The largest absolute Gasteiger partial charge is 0.465 e. The Balaban J connectivity index is 3.34. The molecule has 1 heterocycles. The molecule has 5 nitrogen and oxygen atoms in total. The summed E-state index contributed by atoms with van der Waals surface area (Å²) in [5.41, 5.74) is 6.40. The molecule has 0 aliphatic heterocycles. The summed E-state index contributed by atoms with van der Waals surface area (Å²) in [6.45, 7) is 0. The van der Waals surface area contributed by atoms with Gasteiger partial charge in [-0.25, -0.2) is 9.59 Å². The number of hydrogen-bond donors (Lipinski definition) is 1. The molecule has 0 amide bonds. The van der Waals surface area contributed by atoms with E-state index in [4.69, 9.17) is 5.73 Å². The second-order valence-corrected chi connectivity index (χ2v) is 4.38. The Kier molecular flexibility index (Phi) is 4.31. The van der Waals surface area contributed by atoms with Gasteiger partial charge >= 0.3 is 11.9 Å². The number of esters is 2. The van der Waals surface area contributed by atoms with Gasteiger partial charge in [-0.2, -0.15) is 0 Å². The number of halogens is 1. The smallest absolute Gasteiger partial charge is 0.348 e. The van der Waals surface area contributed by atoms with E-state index >= 15 is 0 Å². The fourth-order valence-electron chi connectivity index (χ4n) is 1.20. The Morgan fingerprint density at radius 3 is 2.31 bits per heavy atom. The lowest BCUT2D eigenvalue weighted by Crippen LogP contribution is -2.07. The first kappa shape index (κ1) is 13.0. The molecule has 1 aromatic heterocycles. The molecule has 0 unspecified atom stereocenters. The molecule has 0 fully saturated rings. The number of ether oxygens (including phenoxy) is 2. The first-order valence-corrected chi connectivity index (χ1v) is 6.14. The minimum atomic E-state index is -0.557. The highest BCUT2D eigenvalue weighted by atomic mass is 79.9. The average molecular weight is 308 g/mol. The molecule has 0 bridgehead atoms. The summed E-state index contributed by atoms with van der Waals surface area (Å²) in [6.07, 6.45) is 0. The summed E-state index contributed by atoms with van der Waals surface area (Å²) >= 11 is 4.22. The standard InChI is InChI=1S/C9H10BrNO4S/c1-14-8(12)5-4(3-10)6(9(13)15-2)16-7(5)11/h3,11H2,1-2H3. The predicted octanol–water partition coefficient (Wildman–Crippen LogP) is 1.80. The molecule has 2 N–H and O–H groups in total. The summed E-state index contributed by atoms with van der Waals surface area (Å²) in [6, 6.07) is 0. The van der Waals surface area contributed by atoms with Crippen LogP contribution < -0.4 is 5.73 Å². The van der Waals surface area contributed by atoms with Crippen molar-refractivity contribution in [3.63, 3.8) is 0 Å². The van der Waals surface area contributed by atoms with Crippen LogP contribution in [0, 0.1) is 0 Å². The number of alkyl halides is 1. The lowest BCUT2D eigenvalue weighted by atomic mass is 10.1. The molecule has 0 aliphatic carbocycles. The SMILES string of the molecule is COC(=O)c1sc(N)c(C(=O)OC)c1CBr. The van der Waals surface area contributed by atoms with Crippen LogP contribution in [0.5, 0.6) is 0 Å². The van der Waals surface area contributed by atoms with Crippen LogP contribution in [-0.4, -0.2) is 26.2 Å². The van der Waals surface area contributed by atoms with Crippen LogP contribution in [0.25, 0.3) is 0 Å². The number of methoxy groups -OCH3 is 2. The van der Waals surface area contributed by atoms with Crippen LogP contribution >= 0.6 is 27.3 Å². The number of rotatable bonds is 3. The number of carbonyl (C=O) groups excluding carboxylic acids is 2. The fraction of sp³-hybridized carbons (Fsp3) is 0.333. The van der Waals surface area contributed by atoms with E-state index in [1.54, 1.807) is 0 Å². The van der Waals surface area contributed by atoms with Crippen LogP contribution in [0.3, 0.4) is 0 Å². The van der Waals surface area contributed by atoms with Gasteiger partial charge in [-0.3, -0.25) is 0 Å². The quantitative estimate of drug-likeness (QED) is 0.680. The van der Waals surface area contributed by atoms with Gasteiger partial charge in [0.05, 0.1) is 19.8 Å². The van der Waals surface area contributed by atoms with Crippen LogP contribution in [0.15, 0.2) is 0 Å². The van der Waals surface area contributed by atoms with Gasteiger partial charge in [0.2, 0.25) is 0 Å². The van der Waals surface area contributed by atoms with E-state index in [1.807, 2.05) is 0 Å². The normalized spacial score (nSPS) is 9.94. The summed E-state index contributed by atoms with van der Waals surface area (Å²) in [5.74, 6) is -1.07. The molecule has 0 aromatic carbocycles. The van der Waals surface area contributed by atoms with Crippen LogP contribution in [0.4, 0.5) is 5.00 Å². The number of thiophene rings is 1. The van der Waals surface area contributed by atoms with E-state index < -0.39 is 11.9 Å². The highest BCUT2D eigenvalue weighted by Gasteiger charge is 2.26. The van der Waals surface area contributed by atoms with E-state index in [9.17, 15) is 9.59 Å². The zero-order valence-electron chi connectivity index (χ0n) is 8.70. The van der Waals surface area contributed by atoms with E-state index in [0.29, 0.717) is 15.8 Å². The monoisotopic (exact) mass is 307 g/mol. The van der Waals surface area contributed by atoms with E-state index in [2.05, 4.69) is 25.4 Å². The Morgan fingerprint density at radius 1 is 1.31 bits per heavy atom. The van der Waals surface area contributed by atoms with Crippen LogP contribution in [0.1, 0.15) is 25.6 Å². The van der Waals surface area contributed by atoms with Crippen molar-refractivity contribution in [2.45, 2.75) is 5.33 Å². The Morgan fingerprint density at radius 2 is 1.88 bits per heavy atom. The van der Waals surface area contributed by atoms with Gasteiger partial charge in [0, 0.05) is 10.9 Å². The second-order valence-electron chi connectivity index (χ2n) is 2.77. The van der Waals surface area contributed by atoms with Crippen LogP contribution in [-0.2, 0) is 14.8 Å². The summed E-state index contributed by atoms with van der Waals surface area (Å²) in [7, 11) is 2.53. The van der Waals surface area contributed by atoms with Crippen LogP contribution in [0.2, 0.25) is 0 Å². The molecule has 0 atom stereocenters. The van der Waals surface area contributed by atoms with E-state index in [1.165, 1.54) is 14.2 Å². The van der Waals surface area contributed by atoms with Crippen molar-refractivity contribution in [1.29, 1.82) is 0 Å². The maximum Gasteiger partial charge on any atom is 0.348 e. The molecule has 0 saturated carbocycles. The number of nitrogens with two attached hydrogens (primary N) is 1. The number of nitrogen functional groups attached to an aromatic ring is 1. The van der Waals surface area contributed by atoms with Crippen molar-refractivity contribution in [1.82, 2.24) is 0 Å².